The summed E-state index contributed by atoms with van der Waals surface area (Å²) in [5.74, 6) is 0. The van der Waals surface area contributed by atoms with Gasteiger partial charge in [0.1, 0.15) is 0 Å². The lowest BCUT2D eigenvalue weighted by molar-refractivity contribution is 0.365. The van der Waals surface area contributed by atoms with E-state index in [0.717, 1.165) is 0 Å². The van der Waals surface area contributed by atoms with Gasteiger partial charge in [-0.1, -0.05) is 0 Å². The van der Waals surface area contributed by atoms with Crippen molar-refractivity contribution in [3.8, 4) is 0 Å². The van der Waals surface area contributed by atoms with Crippen LogP contribution in [0.25, 0.3) is 0 Å². The molecule has 2 aliphatic heterocycles. The van der Waals surface area contributed by atoms with Gasteiger partial charge in [-0.3, -0.25) is 0 Å². The summed E-state index contributed by atoms with van der Waals surface area (Å²) < 4.78 is 56.5. The van der Waals surface area contributed by atoms with Crippen LogP contribution < -0.4 is 0 Å². The normalized spacial score (nSPS) is 32.1. The van der Waals surface area contributed by atoms with Gasteiger partial charge in [-0.2, -0.15) is 0 Å². The first-order chi connectivity index (χ1) is 6.02. The molecular formula is C2H4F3N3O2P3+. The molecule has 74 valence electrons. The van der Waals surface area contributed by atoms with Gasteiger partial charge in [0.25, 0.3) is 0 Å². The smallest absolute Gasteiger partial charge is 0.302 e. The number of rotatable bonds is 0. The molecule has 2 rings (SSSR count). The standard InChI is InChI=1S/C2H4F3N3O2P3/c3-11-6-12(4,5)8-13(7-11)9-1-2-10-13/h1-2H2/q+1. The first-order valence-electron chi connectivity index (χ1n) is 3.15. The molecule has 13 heavy (non-hydrogen) atoms. The lowest BCUT2D eigenvalue weighted by Gasteiger charge is -2.07. The van der Waals surface area contributed by atoms with E-state index in [2.05, 4.69) is 13.5 Å². The molecule has 2 aliphatic rings. The minimum Gasteiger partial charge on any atom is -0.302 e. The van der Waals surface area contributed by atoms with Crippen molar-refractivity contribution in [2.45, 2.75) is 0 Å². The third-order valence-corrected chi connectivity index (χ3v) is 6.94. The molecule has 0 bridgehead atoms. The Bertz CT molecular complexity index is 364. The topological polar surface area (TPSA) is 55.5 Å². The van der Waals surface area contributed by atoms with Crippen LogP contribution >= 0.6 is 23.7 Å². The molecule has 0 N–H and O–H groups in total. The second-order valence-electron chi connectivity index (χ2n) is 2.12. The van der Waals surface area contributed by atoms with Crippen LogP contribution in [0.3, 0.4) is 0 Å². The molecular weight excluding hydrogens is 248 g/mol. The van der Waals surface area contributed by atoms with Crippen molar-refractivity contribution >= 4 is 23.7 Å². The quantitative estimate of drug-likeness (QED) is 0.602. The van der Waals surface area contributed by atoms with Gasteiger partial charge in [-0.25, -0.2) is 0 Å². The first-order valence-corrected chi connectivity index (χ1v) is 7.29. The van der Waals surface area contributed by atoms with E-state index in [1.807, 2.05) is 0 Å². The van der Waals surface area contributed by atoms with Gasteiger partial charge in [0.05, 0.1) is 21.9 Å². The van der Waals surface area contributed by atoms with E-state index in [0.29, 0.717) is 0 Å². The van der Waals surface area contributed by atoms with Gasteiger partial charge in [-0.15, -0.1) is 12.9 Å². The molecule has 0 radical (unpaired) electrons. The second kappa shape index (κ2) is 3.14. The first kappa shape index (κ1) is 9.81. The molecule has 0 amide bonds. The maximum atomic E-state index is 12.7. The Morgan fingerprint density at radius 2 is 1.85 bits per heavy atom. The van der Waals surface area contributed by atoms with Crippen LogP contribution in [-0.4, -0.2) is 13.2 Å². The predicted molar refractivity (Wildman–Crippen MR) is 43.3 cm³/mol. The van der Waals surface area contributed by atoms with E-state index in [9.17, 15) is 12.6 Å². The van der Waals surface area contributed by atoms with Crippen LogP contribution in [0.15, 0.2) is 13.5 Å². The van der Waals surface area contributed by atoms with Gasteiger partial charge in [0, 0.05) is 4.52 Å². The Kier molecular flexibility index (Phi) is 2.37. The number of hydrogen-bond acceptors (Lipinski definition) is 5. The zero-order valence-corrected chi connectivity index (χ0v) is 8.73. The molecule has 1 spiro atoms. The SMILES string of the molecule is F[P+]1=NP2(=NP(F)(F)=N1)OCCO2. The van der Waals surface area contributed by atoms with Crippen LogP contribution in [-0.2, 0) is 9.05 Å². The maximum Gasteiger partial charge on any atom is 0.597 e. The van der Waals surface area contributed by atoms with Crippen LogP contribution in [0.1, 0.15) is 0 Å². The predicted octanol–water partition coefficient (Wildman–Crippen LogP) is 4.34. The molecule has 5 nitrogen and oxygen atoms in total. The molecule has 11 heteroatoms. The van der Waals surface area contributed by atoms with Crippen LogP contribution in [0.5, 0.6) is 0 Å². The highest BCUT2D eigenvalue weighted by molar-refractivity contribution is 7.74. The molecule has 1 atom stereocenters. The van der Waals surface area contributed by atoms with Gasteiger partial charge < -0.3 is 9.05 Å². The Morgan fingerprint density at radius 1 is 1.23 bits per heavy atom. The maximum absolute atomic E-state index is 12.7. The summed E-state index contributed by atoms with van der Waals surface area (Å²) >= 11 is 0. The third-order valence-electron chi connectivity index (χ3n) is 1.19. The molecule has 1 saturated heterocycles. The Labute approximate surface area is 72.9 Å². The highest BCUT2D eigenvalue weighted by atomic mass is 31.3. The lowest BCUT2D eigenvalue weighted by atomic mass is 10.8. The van der Waals surface area contributed by atoms with Crippen molar-refractivity contribution in [3.05, 3.63) is 0 Å². The van der Waals surface area contributed by atoms with E-state index in [4.69, 9.17) is 9.05 Å². The minimum absolute atomic E-state index is 0.129. The summed E-state index contributed by atoms with van der Waals surface area (Å²) in [5, 5.41) is 0. The summed E-state index contributed by atoms with van der Waals surface area (Å²) in [6.07, 6.45) is 0. The monoisotopic (exact) mass is 252 g/mol. The van der Waals surface area contributed by atoms with Crippen molar-refractivity contribution in [1.29, 1.82) is 0 Å². The highest BCUT2D eigenvalue weighted by Crippen LogP contribution is 2.76. The summed E-state index contributed by atoms with van der Waals surface area (Å²) in [6.45, 7) is 0.258. The van der Waals surface area contributed by atoms with Crippen molar-refractivity contribution in [2.24, 2.45) is 13.5 Å². The van der Waals surface area contributed by atoms with E-state index in [1.165, 1.54) is 0 Å². The van der Waals surface area contributed by atoms with Gasteiger partial charge in [0.15, 0.2) is 0 Å². The fourth-order valence-corrected chi connectivity index (χ4v) is 6.29. The zero-order valence-electron chi connectivity index (χ0n) is 6.05. The Hall–Kier alpha value is 0.270. The summed E-state index contributed by atoms with van der Waals surface area (Å²) in [4.78, 5) is 0. The third kappa shape index (κ3) is 2.03. The van der Waals surface area contributed by atoms with Gasteiger partial charge in [0.2, 0.25) is 0 Å². The summed E-state index contributed by atoms with van der Waals surface area (Å²) in [6, 6.07) is 0. The fraction of sp³-hybridized carbons (Fsp3) is 1.00. The number of halogens is 3. The molecule has 0 aliphatic carbocycles. The summed E-state index contributed by atoms with van der Waals surface area (Å²) in [7, 11) is -11.1. The van der Waals surface area contributed by atoms with Gasteiger partial charge in [-0.05, 0) is 0 Å². The van der Waals surface area contributed by atoms with Crippen LogP contribution in [0.2, 0.25) is 0 Å². The van der Waals surface area contributed by atoms with Crippen molar-refractivity contribution in [2.75, 3.05) is 13.2 Å². The second-order valence-corrected chi connectivity index (χ2v) is 7.16. The van der Waals surface area contributed by atoms with E-state index in [-0.39, 0.29) is 13.2 Å². The van der Waals surface area contributed by atoms with E-state index in [1.54, 1.807) is 0 Å². The van der Waals surface area contributed by atoms with Crippen molar-refractivity contribution in [1.82, 2.24) is 0 Å². The molecule has 0 aromatic rings. The largest absolute Gasteiger partial charge is 0.597 e. The highest BCUT2D eigenvalue weighted by Gasteiger charge is 2.44. The van der Waals surface area contributed by atoms with Crippen LogP contribution in [0.4, 0.5) is 12.6 Å². The average Bonchev–Trinajstić information content (AvgIpc) is 2.31. The van der Waals surface area contributed by atoms with Crippen LogP contribution in [0, 0.1) is 0 Å². The molecule has 2 heterocycles. The Morgan fingerprint density at radius 3 is 2.38 bits per heavy atom. The molecule has 1 fully saturated rings. The van der Waals surface area contributed by atoms with Gasteiger partial charge >= 0.3 is 23.7 Å². The molecule has 0 saturated carbocycles. The van der Waals surface area contributed by atoms with Crippen molar-refractivity contribution in [3.63, 3.8) is 0 Å². The van der Waals surface area contributed by atoms with E-state index < -0.39 is 23.7 Å². The fourth-order valence-electron chi connectivity index (χ4n) is 0.825. The minimum atomic E-state index is -4.90. The van der Waals surface area contributed by atoms with Crippen molar-refractivity contribution < 1.29 is 21.6 Å². The number of nitrogens with zero attached hydrogens (tertiary/aromatic N) is 3. The molecule has 1 unspecified atom stereocenters. The molecule has 0 aromatic heterocycles. The average molecular weight is 252 g/mol. The number of hydrogen-bond donors (Lipinski definition) is 0. The van der Waals surface area contributed by atoms with E-state index >= 15 is 0 Å². The summed E-state index contributed by atoms with van der Waals surface area (Å²) in [5.41, 5.74) is 0. The zero-order chi connectivity index (χ0) is 9.53. The Balaban J connectivity index is 2.53. The molecule has 0 aromatic carbocycles. The lowest BCUT2D eigenvalue weighted by Crippen LogP contribution is -1.79.